The van der Waals surface area contributed by atoms with Crippen molar-refractivity contribution in [2.24, 2.45) is 0 Å². The summed E-state index contributed by atoms with van der Waals surface area (Å²) >= 11 is 3.09. The molecule has 2 atom stereocenters. The Morgan fingerprint density at radius 3 is 2.65 bits per heavy atom. The van der Waals surface area contributed by atoms with Gasteiger partial charge in [0.1, 0.15) is 10.7 Å². The van der Waals surface area contributed by atoms with Crippen LogP contribution >= 0.6 is 22.7 Å². The molecule has 0 unspecified atom stereocenters. The summed E-state index contributed by atoms with van der Waals surface area (Å²) in [6.45, 7) is 2.60. The maximum absolute atomic E-state index is 12.8. The highest BCUT2D eigenvalue weighted by molar-refractivity contribution is 7.20. The summed E-state index contributed by atoms with van der Waals surface area (Å²) in [4.78, 5) is 22.3. The number of likely N-dealkylation sites (tertiary alicyclic amines) is 2. The van der Waals surface area contributed by atoms with Gasteiger partial charge in [-0.3, -0.25) is 9.69 Å². The van der Waals surface area contributed by atoms with E-state index in [9.17, 15) is 15.0 Å². The van der Waals surface area contributed by atoms with E-state index in [2.05, 4.69) is 9.88 Å². The highest BCUT2D eigenvalue weighted by Crippen LogP contribution is 2.29. The molecule has 6 nitrogen and oxygen atoms in total. The normalized spacial score (nSPS) is 25.5. The average molecular weight is 394 g/mol. The lowest BCUT2D eigenvalue weighted by Crippen LogP contribution is -2.57. The summed E-state index contributed by atoms with van der Waals surface area (Å²) < 4.78 is 0. The van der Waals surface area contributed by atoms with Crippen LogP contribution in [0.3, 0.4) is 0 Å². The van der Waals surface area contributed by atoms with Crippen molar-refractivity contribution in [3.8, 4) is 9.88 Å². The van der Waals surface area contributed by atoms with Gasteiger partial charge in [0.25, 0.3) is 5.91 Å². The Bertz CT molecular complexity index is 741. The number of rotatable bonds is 3. The van der Waals surface area contributed by atoms with Crippen LogP contribution in [-0.2, 0) is 0 Å². The lowest BCUT2D eigenvalue weighted by Gasteiger charge is -2.43. The van der Waals surface area contributed by atoms with Gasteiger partial charge in [0.2, 0.25) is 0 Å². The van der Waals surface area contributed by atoms with Crippen molar-refractivity contribution in [3.63, 3.8) is 0 Å². The molecular formula is C18H23N3O3S2. The molecular weight excluding hydrogens is 370 g/mol. The average Bonchev–Trinajstić information content (AvgIpc) is 3.33. The minimum Gasteiger partial charge on any atom is -0.393 e. The number of aliphatic hydroxyl groups excluding tert-OH is 2. The van der Waals surface area contributed by atoms with Crippen LogP contribution in [0.15, 0.2) is 22.9 Å². The van der Waals surface area contributed by atoms with Gasteiger partial charge in [-0.05, 0) is 30.7 Å². The number of carbonyl (C=O) groups is 1. The number of aromatic nitrogens is 1. The number of piperidine rings is 2. The van der Waals surface area contributed by atoms with Gasteiger partial charge in [0, 0.05) is 37.6 Å². The molecule has 8 heteroatoms. The molecule has 0 radical (unpaired) electrons. The Morgan fingerprint density at radius 2 is 1.96 bits per heavy atom. The minimum absolute atomic E-state index is 0.0728. The Hall–Kier alpha value is -1.32. The van der Waals surface area contributed by atoms with Gasteiger partial charge in [0.05, 0.1) is 17.1 Å². The van der Waals surface area contributed by atoms with Gasteiger partial charge in [-0.25, -0.2) is 4.98 Å². The number of carbonyl (C=O) groups excluding carboxylic acids is 1. The van der Waals surface area contributed by atoms with Crippen molar-refractivity contribution < 1.29 is 15.0 Å². The second-order valence-electron chi connectivity index (χ2n) is 6.96. The van der Waals surface area contributed by atoms with Gasteiger partial charge in [-0.2, -0.15) is 0 Å². The van der Waals surface area contributed by atoms with Crippen molar-refractivity contribution in [2.75, 3.05) is 26.2 Å². The van der Waals surface area contributed by atoms with Gasteiger partial charge < -0.3 is 15.1 Å². The maximum atomic E-state index is 12.8. The molecule has 140 valence electrons. The third-order valence-corrected chi connectivity index (χ3v) is 7.14. The van der Waals surface area contributed by atoms with Crippen LogP contribution in [-0.4, -0.2) is 75.3 Å². The quantitative estimate of drug-likeness (QED) is 0.833. The molecule has 2 aromatic heterocycles. The number of nitrogens with zero attached hydrogens (tertiary/aromatic N) is 3. The molecule has 0 spiro atoms. The van der Waals surface area contributed by atoms with Crippen LogP contribution in [0.2, 0.25) is 0 Å². The number of amides is 1. The van der Waals surface area contributed by atoms with Crippen LogP contribution < -0.4 is 0 Å². The zero-order valence-electron chi connectivity index (χ0n) is 14.5. The third kappa shape index (κ3) is 3.70. The molecule has 2 N–H and O–H groups in total. The predicted octanol–water partition coefficient (Wildman–Crippen LogP) is 1.90. The third-order valence-electron chi connectivity index (χ3n) is 5.26. The van der Waals surface area contributed by atoms with E-state index in [0.717, 1.165) is 42.2 Å². The van der Waals surface area contributed by atoms with Crippen molar-refractivity contribution in [3.05, 3.63) is 28.6 Å². The standard InChI is InChI=1S/C18H23N3O3S2/c22-12-3-6-20(7-4-12)14-5-8-21(10-15(14)23)18(24)13-11-26-17(19-13)16-2-1-9-25-16/h1-2,9,11-12,14-15,22-23H,3-8,10H2/t14-,15-/m1/s1. The zero-order valence-corrected chi connectivity index (χ0v) is 16.1. The molecule has 0 aromatic carbocycles. The summed E-state index contributed by atoms with van der Waals surface area (Å²) in [5, 5.41) is 24.9. The molecule has 4 heterocycles. The smallest absolute Gasteiger partial charge is 0.273 e. The molecule has 0 saturated carbocycles. The molecule has 0 aliphatic carbocycles. The highest BCUT2D eigenvalue weighted by atomic mass is 32.1. The molecule has 2 aliphatic rings. The number of thiazole rings is 1. The lowest BCUT2D eigenvalue weighted by molar-refractivity contribution is -0.0292. The van der Waals surface area contributed by atoms with Gasteiger partial charge in [-0.15, -0.1) is 22.7 Å². The van der Waals surface area contributed by atoms with E-state index in [4.69, 9.17) is 0 Å². The fourth-order valence-corrected chi connectivity index (χ4v) is 5.40. The topological polar surface area (TPSA) is 76.9 Å². The Labute approximate surface area is 160 Å². The Morgan fingerprint density at radius 1 is 1.15 bits per heavy atom. The first-order valence-electron chi connectivity index (χ1n) is 9.00. The number of thiophene rings is 1. The van der Waals surface area contributed by atoms with Crippen LogP contribution in [0.25, 0.3) is 9.88 Å². The molecule has 26 heavy (non-hydrogen) atoms. The van der Waals surface area contributed by atoms with Crippen LogP contribution in [0.5, 0.6) is 0 Å². The minimum atomic E-state index is -0.557. The molecule has 0 bridgehead atoms. The van der Waals surface area contributed by atoms with E-state index in [1.807, 2.05) is 22.9 Å². The SMILES string of the molecule is O=C(c1csc(-c2cccs2)n1)N1CC[C@@H](N2CCC(O)CC2)[C@H](O)C1. The van der Waals surface area contributed by atoms with Crippen LogP contribution in [0, 0.1) is 0 Å². The zero-order chi connectivity index (χ0) is 18.1. The van der Waals surface area contributed by atoms with E-state index in [1.54, 1.807) is 16.2 Å². The predicted molar refractivity (Wildman–Crippen MR) is 103 cm³/mol. The van der Waals surface area contributed by atoms with Crippen molar-refractivity contribution in [1.29, 1.82) is 0 Å². The van der Waals surface area contributed by atoms with Crippen LogP contribution in [0.4, 0.5) is 0 Å². The van der Waals surface area contributed by atoms with Crippen LogP contribution in [0.1, 0.15) is 29.8 Å². The molecule has 4 rings (SSSR count). The molecule has 2 saturated heterocycles. The van der Waals surface area contributed by atoms with Crippen molar-refractivity contribution >= 4 is 28.6 Å². The lowest BCUT2D eigenvalue weighted by atomic mass is 9.96. The van der Waals surface area contributed by atoms with E-state index < -0.39 is 6.10 Å². The number of hydrogen-bond acceptors (Lipinski definition) is 7. The van der Waals surface area contributed by atoms with E-state index >= 15 is 0 Å². The largest absolute Gasteiger partial charge is 0.393 e. The first-order valence-corrected chi connectivity index (χ1v) is 10.8. The first kappa shape index (κ1) is 18.1. The second-order valence-corrected chi connectivity index (χ2v) is 8.76. The number of aliphatic hydroxyl groups is 2. The van der Waals surface area contributed by atoms with Crippen molar-refractivity contribution in [2.45, 2.75) is 37.5 Å². The Balaban J connectivity index is 1.38. The van der Waals surface area contributed by atoms with E-state index in [0.29, 0.717) is 18.8 Å². The van der Waals surface area contributed by atoms with E-state index in [1.165, 1.54) is 11.3 Å². The number of β-amino-alcohol motifs (C(OH)–C–C–N with tert-alkyl or cyclic N) is 1. The fourth-order valence-electron chi connectivity index (χ4n) is 3.79. The monoisotopic (exact) mass is 393 g/mol. The number of hydrogen-bond donors (Lipinski definition) is 2. The van der Waals surface area contributed by atoms with E-state index in [-0.39, 0.29) is 18.1 Å². The molecule has 2 aliphatic heterocycles. The molecule has 1 amide bonds. The van der Waals surface area contributed by atoms with Gasteiger partial charge in [-0.1, -0.05) is 6.07 Å². The maximum Gasteiger partial charge on any atom is 0.273 e. The fraction of sp³-hybridized carbons (Fsp3) is 0.556. The Kier molecular flexibility index (Phi) is 5.37. The molecule has 2 aromatic rings. The van der Waals surface area contributed by atoms with Crippen molar-refractivity contribution in [1.82, 2.24) is 14.8 Å². The second kappa shape index (κ2) is 7.74. The summed E-state index contributed by atoms with van der Waals surface area (Å²) in [6.07, 6.45) is 1.50. The molecule has 2 fully saturated rings. The summed E-state index contributed by atoms with van der Waals surface area (Å²) in [6, 6.07) is 4.05. The summed E-state index contributed by atoms with van der Waals surface area (Å²) in [5.41, 5.74) is 0.463. The van der Waals surface area contributed by atoms with Gasteiger partial charge >= 0.3 is 0 Å². The summed E-state index contributed by atoms with van der Waals surface area (Å²) in [5.74, 6) is -0.101. The summed E-state index contributed by atoms with van der Waals surface area (Å²) in [7, 11) is 0. The van der Waals surface area contributed by atoms with Gasteiger partial charge in [0.15, 0.2) is 0 Å². The highest BCUT2D eigenvalue weighted by Gasteiger charge is 2.35. The first-order chi connectivity index (χ1) is 12.6.